The zero-order valence-corrected chi connectivity index (χ0v) is 13.1. The average Bonchev–Trinajstić information content (AvgIpc) is 2.39. The molecule has 0 radical (unpaired) electrons. The molecule has 6 nitrogen and oxygen atoms in total. The number of carbonyl (C=O) groups is 2. The van der Waals surface area contributed by atoms with Gasteiger partial charge in [0.15, 0.2) is 0 Å². The second-order valence-electron chi connectivity index (χ2n) is 6.29. The van der Waals surface area contributed by atoms with Gasteiger partial charge >= 0.3 is 0 Å². The van der Waals surface area contributed by atoms with E-state index in [-0.39, 0.29) is 29.7 Å². The van der Waals surface area contributed by atoms with E-state index in [1.165, 1.54) is 0 Å². The van der Waals surface area contributed by atoms with Gasteiger partial charge in [0, 0.05) is 19.0 Å². The molecule has 20 heavy (non-hydrogen) atoms. The number of nitrogens with one attached hydrogen (secondary N) is 1. The summed E-state index contributed by atoms with van der Waals surface area (Å²) in [4.78, 5) is 23.6. The summed E-state index contributed by atoms with van der Waals surface area (Å²) in [5, 5.41) is 2.88. The predicted molar refractivity (Wildman–Crippen MR) is 80.9 cm³/mol. The number of ketones is 1. The van der Waals surface area contributed by atoms with Crippen molar-refractivity contribution in [3.63, 3.8) is 0 Å². The molecule has 0 aliphatic rings. The van der Waals surface area contributed by atoms with Crippen molar-refractivity contribution in [1.82, 2.24) is 5.32 Å². The first kappa shape index (κ1) is 19.0. The van der Waals surface area contributed by atoms with Crippen LogP contribution < -0.4 is 22.5 Å². The van der Waals surface area contributed by atoms with E-state index >= 15 is 0 Å². The predicted octanol–water partition coefficient (Wildman–Crippen LogP) is -0.110. The Bertz CT molecular complexity index is 326. The van der Waals surface area contributed by atoms with Crippen LogP contribution in [0.5, 0.6) is 0 Å². The Hall–Kier alpha value is -0.980. The molecular weight excluding hydrogens is 256 g/mol. The monoisotopic (exact) mass is 286 g/mol. The molecular formula is C14H30N4O2. The number of hydrogen-bond acceptors (Lipinski definition) is 5. The summed E-state index contributed by atoms with van der Waals surface area (Å²) in [6.45, 7) is 8.01. The van der Waals surface area contributed by atoms with Gasteiger partial charge in [0.1, 0.15) is 5.78 Å². The Kier molecular flexibility index (Phi) is 7.93. The highest BCUT2D eigenvalue weighted by molar-refractivity contribution is 5.84. The molecule has 118 valence electrons. The Morgan fingerprint density at radius 3 is 2.10 bits per heavy atom. The molecule has 0 fully saturated rings. The molecule has 7 N–H and O–H groups in total. The van der Waals surface area contributed by atoms with Crippen LogP contribution in [0.2, 0.25) is 0 Å². The van der Waals surface area contributed by atoms with Gasteiger partial charge in [-0.2, -0.15) is 0 Å². The minimum atomic E-state index is -0.714. The maximum absolute atomic E-state index is 11.8. The normalized spacial score (nSPS) is 16.4. The molecule has 0 rings (SSSR count). The number of hydrogen-bond donors (Lipinski definition) is 4. The topological polar surface area (TPSA) is 124 Å². The van der Waals surface area contributed by atoms with Crippen LogP contribution in [0.1, 0.15) is 47.0 Å². The zero-order chi connectivity index (χ0) is 15.9. The first-order valence-corrected chi connectivity index (χ1v) is 7.17. The van der Waals surface area contributed by atoms with E-state index in [1.807, 2.05) is 27.7 Å². The molecule has 1 amide bonds. The van der Waals surface area contributed by atoms with Gasteiger partial charge in [-0.15, -0.1) is 0 Å². The summed E-state index contributed by atoms with van der Waals surface area (Å²) >= 11 is 0. The van der Waals surface area contributed by atoms with Gasteiger partial charge in [0.2, 0.25) is 5.91 Å². The van der Waals surface area contributed by atoms with Crippen molar-refractivity contribution in [2.45, 2.75) is 65.1 Å². The highest BCUT2D eigenvalue weighted by atomic mass is 16.2. The van der Waals surface area contributed by atoms with Crippen LogP contribution in [0.4, 0.5) is 0 Å². The van der Waals surface area contributed by atoms with Crippen molar-refractivity contribution < 1.29 is 9.59 Å². The Morgan fingerprint density at radius 1 is 1.15 bits per heavy atom. The molecule has 0 heterocycles. The summed E-state index contributed by atoms with van der Waals surface area (Å²) in [7, 11) is 0. The molecule has 6 heteroatoms. The van der Waals surface area contributed by atoms with Crippen LogP contribution in [0.15, 0.2) is 0 Å². The Morgan fingerprint density at radius 2 is 1.70 bits per heavy atom. The molecule has 0 aromatic carbocycles. The smallest absolute Gasteiger partial charge is 0.238 e. The first-order valence-electron chi connectivity index (χ1n) is 7.17. The van der Waals surface area contributed by atoms with Crippen LogP contribution in [0.3, 0.4) is 0 Å². The van der Waals surface area contributed by atoms with Gasteiger partial charge in [-0.05, 0) is 18.3 Å². The molecule has 0 aliphatic carbocycles. The third kappa shape index (κ3) is 6.45. The highest BCUT2D eigenvalue weighted by Gasteiger charge is 2.28. The van der Waals surface area contributed by atoms with E-state index in [4.69, 9.17) is 17.2 Å². The lowest BCUT2D eigenvalue weighted by Crippen LogP contribution is -2.52. The fourth-order valence-corrected chi connectivity index (χ4v) is 1.81. The third-order valence-electron chi connectivity index (χ3n) is 3.49. The summed E-state index contributed by atoms with van der Waals surface area (Å²) in [5.74, 6) is -0.251. The molecule has 0 spiro atoms. The van der Waals surface area contributed by atoms with Crippen LogP contribution >= 0.6 is 0 Å². The minimum Gasteiger partial charge on any atom is -0.351 e. The van der Waals surface area contributed by atoms with Crippen molar-refractivity contribution in [2.75, 3.05) is 6.54 Å². The lowest BCUT2D eigenvalue weighted by molar-refractivity contribution is -0.125. The fraction of sp³-hybridized carbons (Fsp3) is 0.857. The largest absolute Gasteiger partial charge is 0.351 e. The van der Waals surface area contributed by atoms with E-state index in [0.717, 1.165) is 0 Å². The highest BCUT2D eigenvalue weighted by Crippen LogP contribution is 2.23. The Labute approximate surface area is 121 Å². The number of carbonyl (C=O) groups excluding carboxylic acids is 2. The summed E-state index contributed by atoms with van der Waals surface area (Å²) in [5.41, 5.74) is 16.5. The quantitative estimate of drug-likeness (QED) is 0.495. The number of rotatable bonds is 8. The van der Waals surface area contributed by atoms with Crippen molar-refractivity contribution in [2.24, 2.45) is 22.6 Å². The van der Waals surface area contributed by atoms with E-state index in [9.17, 15) is 9.59 Å². The van der Waals surface area contributed by atoms with E-state index in [2.05, 4.69) is 5.32 Å². The second kappa shape index (κ2) is 8.34. The number of nitrogens with two attached hydrogens (primary N) is 3. The van der Waals surface area contributed by atoms with Crippen LogP contribution in [0.25, 0.3) is 0 Å². The van der Waals surface area contributed by atoms with Crippen molar-refractivity contribution in [3.05, 3.63) is 0 Å². The Balaban J connectivity index is 4.60. The number of Topliss-reactive ketones (excluding diaryl/α,β-unsaturated/α-hetero) is 1. The first-order chi connectivity index (χ1) is 9.13. The second-order valence-corrected chi connectivity index (χ2v) is 6.29. The lowest BCUT2D eigenvalue weighted by Gasteiger charge is -2.32. The van der Waals surface area contributed by atoms with Crippen molar-refractivity contribution in [1.29, 1.82) is 0 Å². The van der Waals surface area contributed by atoms with Gasteiger partial charge in [-0.3, -0.25) is 9.59 Å². The molecule has 0 saturated carbocycles. The van der Waals surface area contributed by atoms with Gasteiger partial charge < -0.3 is 22.5 Å². The van der Waals surface area contributed by atoms with Gasteiger partial charge in [0.05, 0.1) is 12.1 Å². The summed E-state index contributed by atoms with van der Waals surface area (Å²) < 4.78 is 0. The molecule has 3 unspecified atom stereocenters. The van der Waals surface area contributed by atoms with Crippen molar-refractivity contribution in [3.8, 4) is 0 Å². The molecule has 3 atom stereocenters. The van der Waals surface area contributed by atoms with E-state index in [0.29, 0.717) is 19.3 Å². The molecule has 0 bridgehead atoms. The SMILES string of the molecule is CCC(N)C(=O)CCC(NC(=O)C(N)CN)C(C)(C)C. The fourth-order valence-electron chi connectivity index (χ4n) is 1.81. The standard InChI is InChI=1S/C14H30N4O2/c1-5-9(16)11(19)6-7-12(14(2,3)4)18-13(20)10(17)8-15/h9-10,12H,5-8,15-17H2,1-4H3,(H,18,20). The maximum Gasteiger partial charge on any atom is 0.238 e. The zero-order valence-electron chi connectivity index (χ0n) is 13.1. The van der Waals surface area contributed by atoms with Gasteiger partial charge in [-0.1, -0.05) is 27.7 Å². The van der Waals surface area contributed by atoms with Crippen LogP contribution in [0, 0.1) is 5.41 Å². The van der Waals surface area contributed by atoms with E-state index in [1.54, 1.807) is 0 Å². The third-order valence-corrected chi connectivity index (χ3v) is 3.49. The number of amides is 1. The minimum absolute atomic E-state index is 0.0270. The molecule has 0 saturated heterocycles. The maximum atomic E-state index is 11.8. The molecule has 0 aliphatic heterocycles. The van der Waals surface area contributed by atoms with Crippen LogP contribution in [-0.2, 0) is 9.59 Å². The average molecular weight is 286 g/mol. The van der Waals surface area contributed by atoms with Gasteiger partial charge in [-0.25, -0.2) is 0 Å². The van der Waals surface area contributed by atoms with Crippen LogP contribution in [-0.4, -0.2) is 36.4 Å². The molecule has 0 aromatic rings. The van der Waals surface area contributed by atoms with Crippen molar-refractivity contribution >= 4 is 11.7 Å². The summed E-state index contributed by atoms with van der Waals surface area (Å²) in [6.07, 6.45) is 1.54. The van der Waals surface area contributed by atoms with E-state index < -0.39 is 12.1 Å². The lowest BCUT2D eigenvalue weighted by atomic mass is 9.83. The summed E-state index contributed by atoms with van der Waals surface area (Å²) in [6, 6.07) is -1.27. The molecule has 0 aromatic heterocycles. The van der Waals surface area contributed by atoms with Gasteiger partial charge in [0.25, 0.3) is 0 Å².